The molecule has 0 aliphatic heterocycles. The molecule has 0 radical (unpaired) electrons. The number of anilines is 1. The molecule has 174 valence electrons. The van der Waals surface area contributed by atoms with Crippen molar-refractivity contribution >= 4 is 33.2 Å². The standard InChI is InChI=1S/C25H27ClN2O4S/c1-19-9-15-22(16-10-19)33(30,31)28(24-8-4-3-7-23(24)26)18-25(29)27-17-5-6-20-11-13-21(32-2)14-12-20/h3-4,7-16H,5-6,17-18H2,1-2H3,(H,27,29). The number of benzene rings is 3. The number of para-hydroxylation sites is 1. The molecule has 0 saturated heterocycles. The lowest BCUT2D eigenvalue weighted by Crippen LogP contribution is -2.41. The van der Waals surface area contributed by atoms with E-state index in [1.165, 1.54) is 12.1 Å². The maximum Gasteiger partial charge on any atom is 0.264 e. The average Bonchev–Trinajstić information content (AvgIpc) is 2.81. The first-order chi connectivity index (χ1) is 15.8. The fourth-order valence-corrected chi connectivity index (χ4v) is 5.02. The molecule has 3 aromatic carbocycles. The van der Waals surface area contributed by atoms with Gasteiger partial charge in [-0.3, -0.25) is 9.10 Å². The number of nitrogens with one attached hydrogen (secondary N) is 1. The third-order valence-corrected chi connectivity index (χ3v) is 7.23. The number of hydrogen-bond acceptors (Lipinski definition) is 4. The minimum atomic E-state index is -3.99. The minimum absolute atomic E-state index is 0.0975. The van der Waals surface area contributed by atoms with Crippen LogP contribution in [0.3, 0.4) is 0 Å². The van der Waals surface area contributed by atoms with Crippen LogP contribution in [0.5, 0.6) is 5.75 Å². The van der Waals surface area contributed by atoms with Crippen molar-refractivity contribution in [3.05, 3.63) is 88.9 Å². The van der Waals surface area contributed by atoms with Crippen molar-refractivity contribution < 1.29 is 17.9 Å². The first kappa shape index (κ1) is 24.6. The highest BCUT2D eigenvalue weighted by Crippen LogP contribution is 2.30. The maximum absolute atomic E-state index is 13.4. The van der Waals surface area contributed by atoms with E-state index >= 15 is 0 Å². The van der Waals surface area contributed by atoms with Crippen molar-refractivity contribution in [1.29, 1.82) is 0 Å². The molecular weight excluding hydrogens is 460 g/mol. The third kappa shape index (κ3) is 6.49. The molecule has 0 spiro atoms. The Hall–Kier alpha value is -3.03. The van der Waals surface area contributed by atoms with Gasteiger partial charge in [0, 0.05) is 6.54 Å². The van der Waals surface area contributed by atoms with Crippen LogP contribution in [0, 0.1) is 6.92 Å². The van der Waals surface area contributed by atoms with Gasteiger partial charge in [-0.2, -0.15) is 0 Å². The Morgan fingerprint density at radius 2 is 1.67 bits per heavy atom. The summed E-state index contributed by atoms with van der Waals surface area (Å²) in [6.45, 7) is 1.93. The molecule has 6 nitrogen and oxygen atoms in total. The van der Waals surface area contributed by atoms with Crippen molar-refractivity contribution in [1.82, 2.24) is 5.32 Å². The van der Waals surface area contributed by atoms with Crippen molar-refractivity contribution in [2.24, 2.45) is 0 Å². The van der Waals surface area contributed by atoms with E-state index in [4.69, 9.17) is 16.3 Å². The number of aryl methyl sites for hydroxylation is 2. The number of sulfonamides is 1. The molecular formula is C25H27ClN2O4S. The van der Waals surface area contributed by atoms with Crippen LogP contribution in [0.4, 0.5) is 5.69 Å². The molecule has 0 aliphatic rings. The summed E-state index contributed by atoms with van der Waals surface area (Å²) in [7, 11) is -2.37. The van der Waals surface area contributed by atoms with Crippen LogP contribution >= 0.6 is 11.6 Å². The molecule has 3 aromatic rings. The number of rotatable bonds is 10. The third-order valence-electron chi connectivity index (χ3n) is 5.14. The second kappa shape index (κ2) is 11.2. The Bertz CT molecular complexity index is 1180. The topological polar surface area (TPSA) is 75.7 Å². The van der Waals surface area contributed by atoms with Crippen LogP contribution < -0.4 is 14.4 Å². The minimum Gasteiger partial charge on any atom is -0.497 e. The van der Waals surface area contributed by atoms with E-state index in [9.17, 15) is 13.2 Å². The van der Waals surface area contributed by atoms with Gasteiger partial charge in [-0.05, 0) is 61.7 Å². The Balaban J connectivity index is 1.68. The van der Waals surface area contributed by atoms with Crippen LogP contribution in [0.15, 0.2) is 77.7 Å². The van der Waals surface area contributed by atoms with E-state index in [0.717, 1.165) is 34.0 Å². The monoisotopic (exact) mass is 486 g/mol. The van der Waals surface area contributed by atoms with Gasteiger partial charge in [0.2, 0.25) is 5.91 Å². The van der Waals surface area contributed by atoms with Crippen LogP contribution in [0.1, 0.15) is 17.5 Å². The highest BCUT2D eigenvalue weighted by molar-refractivity contribution is 7.92. The normalized spacial score (nSPS) is 11.1. The van der Waals surface area contributed by atoms with Gasteiger partial charge in [-0.15, -0.1) is 0 Å². The lowest BCUT2D eigenvalue weighted by molar-refractivity contribution is -0.119. The zero-order valence-electron chi connectivity index (χ0n) is 18.6. The smallest absolute Gasteiger partial charge is 0.264 e. The number of halogens is 1. The summed E-state index contributed by atoms with van der Waals surface area (Å²) < 4.78 is 33.0. The predicted octanol–water partition coefficient (Wildman–Crippen LogP) is 4.60. The Morgan fingerprint density at radius 3 is 2.30 bits per heavy atom. The number of methoxy groups -OCH3 is 1. The van der Waals surface area contributed by atoms with E-state index in [2.05, 4.69) is 5.32 Å². The van der Waals surface area contributed by atoms with Crippen LogP contribution in [-0.4, -0.2) is 34.5 Å². The lowest BCUT2D eigenvalue weighted by Gasteiger charge is -2.25. The van der Waals surface area contributed by atoms with Crippen LogP contribution in [0.2, 0.25) is 5.02 Å². The molecule has 0 unspecified atom stereocenters. The quantitative estimate of drug-likeness (QED) is 0.425. The van der Waals surface area contributed by atoms with E-state index < -0.39 is 15.9 Å². The molecule has 0 aliphatic carbocycles. The van der Waals surface area contributed by atoms with Gasteiger partial charge in [-0.1, -0.05) is 53.6 Å². The molecule has 0 fully saturated rings. The van der Waals surface area contributed by atoms with Gasteiger partial charge >= 0.3 is 0 Å². The SMILES string of the molecule is COc1ccc(CCCNC(=O)CN(c2ccccc2Cl)S(=O)(=O)c2ccc(C)cc2)cc1. The second-order valence-electron chi connectivity index (χ2n) is 7.58. The molecule has 0 heterocycles. The number of hydrogen-bond donors (Lipinski definition) is 1. The summed E-state index contributed by atoms with van der Waals surface area (Å²) in [5.41, 5.74) is 2.32. The lowest BCUT2D eigenvalue weighted by atomic mass is 10.1. The summed E-state index contributed by atoms with van der Waals surface area (Å²) in [4.78, 5) is 12.8. The summed E-state index contributed by atoms with van der Waals surface area (Å²) in [5, 5.41) is 3.07. The highest BCUT2D eigenvalue weighted by Gasteiger charge is 2.28. The number of ether oxygens (including phenoxy) is 1. The highest BCUT2D eigenvalue weighted by atomic mass is 35.5. The number of nitrogens with zero attached hydrogens (tertiary/aromatic N) is 1. The van der Waals surface area contributed by atoms with Gasteiger partial charge < -0.3 is 10.1 Å². The first-order valence-electron chi connectivity index (χ1n) is 10.5. The fourth-order valence-electron chi connectivity index (χ4n) is 3.29. The van der Waals surface area contributed by atoms with Crippen LogP contribution in [0.25, 0.3) is 0 Å². The Kier molecular flexibility index (Phi) is 8.36. The summed E-state index contributed by atoms with van der Waals surface area (Å²) in [6.07, 6.45) is 1.50. The Morgan fingerprint density at radius 1 is 1.00 bits per heavy atom. The molecule has 0 aromatic heterocycles. The van der Waals surface area contributed by atoms with E-state index in [0.29, 0.717) is 6.54 Å². The average molecular weight is 487 g/mol. The summed E-state index contributed by atoms with van der Waals surface area (Å²) in [6, 6.07) is 20.8. The predicted molar refractivity (Wildman–Crippen MR) is 131 cm³/mol. The van der Waals surface area contributed by atoms with E-state index in [1.807, 2.05) is 31.2 Å². The number of carbonyl (C=O) groups excluding carboxylic acids is 1. The fraction of sp³-hybridized carbons (Fsp3) is 0.240. The molecule has 1 amide bonds. The van der Waals surface area contributed by atoms with Crippen molar-refractivity contribution in [3.63, 3.8) is 0 Å². The summed E-state index contributed by atoms with van der Waals surface area (Å²) >= 11 is 6.29. The van der Waals surface area contributed by atoms with Gasteiger partial charge in [-0.25, -0.2) is 8.42 Å². The first-order valence-corrected chi connectivity index (χ1v) is 12.4. The molecule has 0 atom stereocenters. The molecule has 0 bridgehead atoms. The van der Waals surface area contributed by atoms with E-state index in [-0.39, 0.29) is 22.2 Å². The molecule has 8 heteroatoms. The zero-order chi connectivity index (χ0) is 23.8. The number of carbonyl (C=O) groups is 1. The zero-order valence-corrected chi connectivity index (χ0v) is 20.2. The Labute approximate surface area is 200 Å². The number of amides is 1. The van der Waals surface area contributed by atoms with Gasteiger partial charge in [0.05, 0.1) is 22.7 Å². The largest absolute Gasteiger partial charge is 0.497 e. The molecule has 1 N–H and O–H groups in total. The molecule has 33 heavy (non-hydrogen) atoms. The molecule has 0 saturated carbocycles. The van der Waals surface area contributed by atoms with Crippen molar-refractivity contribution in [3.8, 4) is 5.75 Å². The van der Waals surface area contributed by atoms with Crippen molar-refractivity contribution in [2.45, 2.75) is 24.7 Å². The second-order valence-corrected chi connectivity index (χ2v) is 9.85. The van der Waals surface area contributed by atoms with Gasteiger partial charge in [0.1, 0.15) is 12.3 Å². The summed E-state index contributed by atoms with van der Waals surface area (Å²) in [5.74, 6) is 0.391. The van der Waals surface area contributed by atoms with Gasteiger partial charge in [0.25, 0.3) is 10.0 Å². The van der Waals surface area contributed by atoms with Crippen molar-refractivity contribution in [2.75, 3.05) is 24.5 Å². The van der Waals surface area contributed by atoms with E-state index in [1.54, 1.807) is 43.5 Å². The van der Waals surface area contributed by atoms with Crippen LogP contribution in [-0.2, 0) is 21.2 Å². The maximum atomic E-state index is 13.4. The molecule has 3 rings (SSSR count). The van der Waals surface area contributed by atoms with Gasteiger partial charge in [0.15, 0.2) is 0 Å².